The Labute approximate surface area is 149 Å². The molecule has 0 amide bonds. The number of anilines is 1. The van der Waals surface area contributed by atoms with Crippen LogP contribution in [0.3, 0.4) is 0 Å². The Morgan fingerprint density at radius 1 is 0.960 bits per heavy atom. The third kappa shape index (κ3) is 4.19. The van der Waals surface area contributed by atoms with E-state index in [0.717, 1.165) is 35.5 Å². The van der Waals surface area contributed by atoms with E-state index in [1.54, 1.807) is 17.1 Å². The van der Waals surface area contributed by atoms with Crippen molar-refractivity contribution in [1.29, 1.82) is 0 Å². The van der Waals surface area contributed by atoms with Crippen molar-refractivity contribution in [1.82, 2.24) is 14.7 Å². The lowest BCUT2D eigenvalue weighted by molar-refractivity contribution is 0.135. The predicted molar refractivity (Wildman–Crippen MR) is 100 cm³/mol. The number of likely N-dealkylation sites (N-methyl/N-ethyl adjacent to an activating group) is 1. The van der Waals surface area contributed by atoms with Gasteiger partial charge in [-0.3, -0.25) is 0 Å². The second-order valence-electron chi connectivity index (χ2n) is 6.48. The molecular weight excluding hydrogens is 336 g/mol. The first-order chi connectivity index (χ1) is 11.8. The smallest absolute Gasteiger partial charge is 0.253 e. The van der Waals surface area contributed by atoms with E-state index < -0.39 is 10.0 Å². The Balaban J connectivity index is 1.75. The van der Waals surface area contributed by atoms with Crippen molar-refractivity contribution in [3.8, 4) is 11.1 Å². The van der Waals surface area contributed by atoms with E-state index in [-0.39, 0.29) is 4.90 Å². The molecule has 1 saturated heterocycles. The van der Waals surface area contributed by atoms with Crippen LogP contribution in [0.2, 0.25) is 0 Å². The number of nitrogens with two attached hydrogens (primary N) is 1. The van der Waals surface area contributed by atoms with Crippen molar-refractivity contribution >= 4 is 15.7 Å². The molecule has 1 aliphatic rings. The fourth-order valence-electron chi connectivity index (χ4n) is 2.77. The second-order valence-corrected chi connectivity index (χ2v) is 8.14. The molecular formula is C18H24N4O2S. The second kappa shape index (κ2) is 7.13. The van der Waals surface area contributed by atoms with Crippen LogP contribution in [0.4, 0.5) is 5.69 Å². The molecule has 0 aromatic heterocycles. The minimum absolute atomic E-state index is 0.260. The molecule has 0 spiro atoms. The summed E-state index contributed by atoms with van der Waals surface area (Å²) in [4.78, 5) is 5.10. The Kier molecular flexibility index (Phi) is 5.10. The molecule has 2 aromatic rings. The molecule has 2 aromatic carbocycles. The number of benzene rings is 2. The van der Waals surface area contributed by atoms with Gasteiger partial charge in [-0.2, -0.15) is 0 Å². The summed E-state index contributed by atoms with van der Waals surface area (Å²) in [7, 11) is -1.53. The van der Waals surface area contributed by atoms with Crippen molar-refractivity contribution in [3.05, 3.63) is 48.0 Å². The molecule has 6 nitrogen and oxygen atoms in total. The van der Waals surface area contributed by atoms with Crippen LogP contribution in [0.25, 0.3) is 11.1 Å². The highest BCUT2D eigenvalue weighted by atomic mass is 32.2. The van der Waals surface area contributed by atoms with Crippen molar-refractivity contribution in [2.45, 2.75) is 11.8 Å². The number of rotatable bonds is 4. The van der Waals surface area contributed by atoms with Crippen LogP contribution in [-0.2, 0) is 10.0 Å². The van der Waals surface area contributed by atoms with Gasteiger partial charge < -0.3 is 10.6 Å². The number of nitrogen functional groups attached to an aromatic ring is 1. The maximum atomic E-state index is 12.5. The summed E-state index contributed by atoms with van der Waals surface area (Å²) < 4.78 is 25.1. The topological polar surface area (TPSA) is 78.7 Å². The fraction of sp³-hybridized carbons (Fsp3) is 0.333. The highest BCUT2D eigenvalue weighted by Crippen LogP contribution is 2.25. The van der Waals surface area contributed by atoms with Crippen molar-refractivity contribution in [2.24, 2.45) is 0 Å². The Bertz CT molecular complexity index is 842. The Hall–Kier alpha value is -1.93. The van der Waals surface area contributed by atoms with Gasteiger partial charge in [-0.25, -0.2) is 13.4 Å². The monoisotopic (exact) mass is 360 g/mol. The van der Waals surface area contributed by atoms with E-state index >= 15 is 0 Å². The van der Waals surface area contributed by atoms with Gasteiger partial charge in [-0.1, -0.05) is 24.3 Å². The number of hydrogen-bond donors (Lipinski definition) is 2. The zero-order valence-electron chi connectivity index (χ0n) is 14.6. The maximum Gasteiger partial charge on any atom is 0.253 e. The minimum Gasteiger partial charge on any atom is -0.398 e. The molecule has 0 aliphatic carbocycles. The summed E-state index contributed by atoms with van der Waals surface area (Å²) >= 11 is 0. The normalized spacial score (nSPS) is 16.9. The molecule has 7 heteroatoms. The first kappa shape index (κ1) is 17.9. The molecule has 0 atom stereocenters. The van der Waals surface area contributed by atoms with Gasteiger partial charge >= 0.3 is 0 Å². The third-order valence-electron chi connectivity index (χ3n) is 4.53. The maximum absolute atomic E-state index is 12.5. The third-order valence-corrected chi connectivity index (χ3v) is 5.92. The van der Waals surface area contributed by atoms with Crippen LogP contribution < -0.4 is 10.6 Å². The molecule has 1 fully saturated rings. The molecule has 3 rings (SSSR count). The zero-order valence-corrected chi connectivity index (χ0v) is 15.4. The Morgan fingerprint density at radius 3 is 2.16 bits per heavy atom. The molecule has 0 bridgehead atoms. The molecule has 1 aliphatic heterocycles. The van der Waals surface area contributed by atoms with Crippen LogP contribution in [0.15, 0.2) is 47.4 Å². The van der Waals surface area contributed by atoms with Gasteiger partial charge in [-0.15, -0.1) is 4.83 Å². The lowest BCUT2D eigenvalue weighted by atomic mass is 10.0. The van der Waals surface area contributed by atoms with Crippen LogP contribution in [0.1, 0.15) is 5.56 Å². The van der Waals surface area contributed by atoms with E-state index in [1.165, 1.54) is 0 Å². The zero-order chi connectivity index (χ0) is 18.0. The van der Waals surface area contributed by atoms with Gasteiger partial charge in [0.2, 0.25) is 0 Å². The highest BCUT2D eigenvalue weighted by molar-refractivity contribution is 7.89. The lowest BCUT2D eigenvalue weighted by Crippen LogP contribution is -2.52. The van der Waals surface area contributed by atoms with E-state index in [2.05, 4.69) is 9.73 Å². The van der Waals surface area contributed by atoms with Crippen LogP contribution in [0, 0.1) is 6.92 Å². The summed E-state index contributed by atoms with van der Waals surface area (Å²) in [5, 5.41) is 1.75. The number of hydrogen-bond acceptors (Lipinski definition) is 5. The summed E-state index contributed by atoms with van der Waals surface area (Å²) in [5.41, 5.74) is 9.62. The van der Waals surface area contributed by atoms with E-state index in [9.17, 15) is 8.42 Å². The number of piperazine rings is 1. The number of nitrogens with zero attached hydrogens (tertiary/aromatic N) is 2. The quantitative estimate of drug-likeness (QED) is 0.811. The predicted octanol–water partition coefficient (Wildman–Crippen LogP) is 1.68. The standard InChI is InChI=1S/C18H24N4O2S/c1-14-3-4-16(13-18(14)19)15-5-7-17(8-6-15)25(23,24)20-22-11-9-21(2)10-12-22/h3-8,13,20H,9-12,19H2,1-2H3. The first-order valence-electron chi connectivity index (χ1n) is 8.28. The van der Waals surface area contributed by atoms with Crippen molar-refractivity contribution < 1.29 is 8.42 Å². The van der Waals surface area contributed by atoms with Crippen LogP contribution in [0.5, 0.6) is 0 Å². The summed E-state index contributed by atoms with van der Waals surface area (Å²) in [5.74, 6) is 0. The van der Waals surface area contributed by atoms with Crippen LogP contribution >= 0.6 is 0 Å². The van der Waals surface area contributed by atoms with Gasteiger partial charge in [0.15, 0.2) is 0 Å². The largest absolute Gasteiger partial charge is 0.398 e. The molecule has 0 unspecified atom stereocenters. The van der Waals surface area contributed by atoms with Gasteiger partial charge in [0.05, 0.1) is 4.90 Å². The average Bonchev–Trinajstić information content (AvgIpc) is 2.59. The van der Waals surface area contributed by atoms with E-state index in [1.807, 2.05) is 44.3 Å². The van der Waals surface area contributed by atoms with Gasteiger partial charge in [0.1, 0.15) is 0 Å². The van der Waals surface area contributed by atoms with Gasteiger partial charge in [-0.05, 0) is 48.9 Å². The van der Waals surface area contributed by atoms with E-state index in [4.69, 9.17) is 5.73 Å². The SMILES string of the molecule is Cc1ccc(-c2ccc(S(=O)(=O)NN3CCN(C)CC3)cc2)cc1N. The number of aryl methyl sites for hydroxylation is 1. The lowest BCUT2D eigenvalue weighted by Gasteiger charge is -2.32. The first-order valence-corrected chi connectivity index (χ1v) is 9.76. The number of nitrogens with one attached hydrogen (secondary N) is 1. The Morgan fingerprint density at radius 2 is 1.56 bits per heavy atom. The van der Waals surface area contributed by atoms with E-state index in [0.29, 0.717) is 13.1 Å². The molecule has 3 N–H and O–H groups in total. The number of hydrazine groups is 1. The summed E-state index contributed by atoms with van der Waals surface area (Å²) in [6.07, 6.45) is 0. The summed E-state index contributed by atoms with van der Waals surface area (Å²) in [6, 6.07) is 12.7. The average molecular weight is 360 g/mol. The van der Waals surface area contributed by atoms with Gasteiger partial charge in [0.25, 0.3) is 10.0 Å². The molecule has 1 heterocycles. The molecule has 134 valence electrons. The molecule has 0 saturated carbocycles. The fourth-order valence-corrected chi connectivity index (χ4v) is 3.89. The number of sulfonamides is 1. The van der Waals surface area contributed by atoms with Crippen LogP contribution in [-0.4, -0.2) is 51.6 Å². The highest BCUT2D eigenvalue weighted by Gasteiger charge is 2.21. The van der Waals surface area contributed by atoms with Gasteiger partial charge in [0, 0.05) is 31.9 Å². The minimum atomic E-state index is -3.56. The van der Waals surface area contributed by atoms with Crippen molar-refractivity contribution in [3.63, 3.8) is 0 Å². The van der Waals surface area contributed by atoms with Crippen molar-refractivity contribution in [2.75, 3.05) is 39.0 Å². The molecule has 25 heavy (non-hydrogen) atoms. The summed E-state index contributed by atoms with van der Waals surface area (Å²) in [6.45, 7) is 5.00. The molecule has 0 radical (unpaired) electrons.